The standard InChI is InChI=1S/C15H17BrN2O2S/c1-2-10-18(15-9-4-3-8-14(15)17)21(19,20)13-7-5-6-12(16)11-13/h3-9,11H,2,10,17H2,1H3. The lowest BCUT2D eigenvalue weighted by atomic mass is 10.2. The second-order valence-corrected chi connectivity index (χ2v) is 7.37. The Kier molecular flexibility index (Phi) is 4.90. The molecule has 0 aliphatic rings. The summed E-state index contributed by atoms with van der Waals surface area (Å²) in [6.07, 6.45) is 0.696. The average Bonchev–Trinajstić information content (AvgIpc) is 2.45. The van der Waals surface area contributed by atoms with Crippen LogP contribution in [0.5, 0.6) is 0 Å². The van der Waals surface area contributed by atoms with Gasteiger partial charge in [-0.2, -0.15) is 0 Å². The van der Waals surface area contributed by atoms with E-state index in [1.54, 1.807) is 48.5 Å². The van der Waals surface area contributed by atoms with Gasteiger partial charge >= 0.3 is 0 Å². The summed E-state index contributed by atoms with van der Waals surface area (Å²) < 4.78 is 27.8. The molecule has 2 aromatic rings. The fraction of sp³-hybridized carbons (Fsp3) is 0.200. The van der Waals surface area contributed by atoms with E-state index in [0.29, 0.717) is 24.3 Å². The Bertz CT molecular complexity index is 732. The van der Waals surface area contributed by atoms with Gasteiger partial charge in [-0.05, 0) is 36.8 Å². The van der Waals surface area contributed by atoms with Crippen LogP contribution in [0, 0.1) is 0 Å². The number of anilines is 2. The number of hydrogen-bond donors (Lipinski definition) is 1. The highest BCUT2D eigenvalue weighted by atomic mass is 79.9. The molecular weight excluding hydrogens is 352 g/mol. The molecule has 2 aromatic carbocycles. The first-order valence-corrected chi connectivity index (χ1v) is 8.83. The number of halogens is 1. The maximum Gasteiger partial charge on any atom is 0.264 e. The van der Waals surface area contributed by atoms with Gasteiger partial charge in [-0.1, -0.05) is 41.1 Å². The molecule has 6 heteroatoms. The molecule has 0 radical (unpaired) electrons. The van der Waals surface area contributed by atoms with Gasteiger partial charge in [-0.3, -0.25) is 4.31 Å². The molecule has 0 saturated heterocycles. The largest absolute Gasteiger partial charge is 0.397 e. The molecule has 2 rings (SSSR count). The Balaban J connectivity index is 2.54. The molecule has 0 fully saturated rings. The molecule has 0 atom stereocenters. The van der Waals surface area contributed by atoms with Crippen molar-refractivity contribution in [3.63, 3.8) is 0 Å². The molecule has 0 heterocycles. The van der Waals surface area contributed by atoms with Crippen molar-refractivity contribution in [3.05, 3.63) is 53.0 Å². The molecule has 0 unspecified atom stereocenters. The van der Waals surface area contributed by atoms with Gasteiger partial charge in [-0.25, -0.2) is 8.42 Å². The van der Waals surface area contributed by atoms with Gasteiger partial charge in [0, 0.05) is 11.0 Å². The van der Waals surface area contributed by atoms with Gasteiger partial charge < -0.3 is 5.73 Å². The van der Waals surface area contributed by atoms with Crippen molar-refractivity contribution in [3.8, 4) is 0 Å². The fourth-order valence-corrected chi connectivity index (χ4v) is 4.22. The third-order valence-electron chi connectivity index (χ3n) is 3.02. The molecule has 0 aliphatic carbocycles. The van der Waals surface area contributed by atoms with E-state index in [2.05, 4.69) is 15.9 Å². The third kappa shape index (κ3) is 3.39. The highest BCUT2D eigenvalue weighted by molar-refractivity contribution is 9.10. The number of nitrogens with two attached hydrogens (primary N) is 1. The minimum Gasteiger partial charge on any atom is -0.397 e. The maximum atomic E-state index is 12.9. The van der Waals surface area contributed by atoms with Crippen LogP contribution in [0.4, 0.5) is 11.4 Å². The van der Waals surface area contributed by atoms with Gasteiger partial charge in [0.2, 0.25) is 0 Å². The van der Waals surface area contributed by atoms with E-state index >= 15 is 0 Å². The van der Waals surface area contributed by atoms with Crippen LogP contribution in [0.15, 0.2) is 57.9 Å². The second kappa shape index (κ2) is 6.49. The van der Waals surface area contributed by atoms with Gasteiger partial charge in [0.15, 0.2) is 0 Å². The van der Waals surface area contributed by atoms with Crippen LogP contribution in [0.1, 0.15) is 13.3 Å². The lowest BCUT2D eigenvalue weighted by Crippen LogP contribution is -2.32. The Morgan fingerprint density at radius 1 is 1.14 bits per heavy atom. The molecule has 21 heavy (non-hydrogen) atoms. The van der Waals surface area contributed by atoms with E-state index in [1.807, 2.05) is 6.92 Å². The van der Waals surface area contributed by atoms with Crippen LogP contribution in [0.25, 0.3) is 0 Å². The normalized spacial score (nSPS) is 11.3. The van der Waals surface area contributed by atoms with Crippen molar-refractivity contribution in [2.45, 2.75) is 18.2 Å². The van der Waals surface area contributed by atoms with Crippen molar-refractivity contribution in [1.29, 1.82) is 0 Å². The summed E-state index contributed by atoms with van der Waals surface area (Å²) in [7, 11) is -3.64. The molecule has 0 amide bonds. The van der Waals surface area contributed by atoms with Crippen LogP contribution in [-0.2, 0) is 10.0 Å². The summed E-state index contributed by atoms with van der Waals surface area (Å²) in [5.74, 6) is 0. The van der Waals surface area contributed by atoms with Crippen LogP contribution in [0.3, 0.4) is 0 Å². The molecule has 0 aliphatic heterocycles. The lowest BCUT2D eigenvalue weighted by molar-refractivity contribution is 0.590. The van der Waals surface area contributed by atoms with Gasteiger partial charge in [0.05, 0.1) is 16.3 Å². The van der Waals surface area contributed by atoms with Crippen molar-refractivity contribution in [2.75, 3.05) is 16.6 Å². The summed E-state index contributed by atoms with van der Waals surface area (Å²) in [5.41, 5.74) is 6.90. The Hall–Kier alpha value is -1.53. The number of benzene rings is 2. The van der Waals surface area contributed by atoms with Crippen molar-refractivity contribution in [2.24, 2.45) is 0 Å². The van der Waals surface area contributed by atoms with E-state index in [0.717, 1.165) is 4.47 Å². The highest BCUT2D eigenvalue weighted by Gasteiger charge is 2.25. The number of hydrogen-bond acceptors (Lipinski definition) is 3. The zero-order chi connectivity index (χ0) is 15.5. The van der Waals surface area contributed by atoms with Gasteiger partial charge in [0.25, 0.3) is 10.0 Å². The Morgan fingerprint density at radius 2 is 1.86 bits per heavy atom. The first-order chi connectivity index (χ1) is 9.96. The van der Waals surface area contributed by atoms with E-state index in [-0.39, 0.29) is 4.90 Å². The SMILES string of the molecule is CCCN(c1ccccc1N)S(=O)(=O)c1cccc(Br)c1. The maximum absolute atomic E-state index is 12.9. The number of nitrogens with zero attached hydrogens (tertiary/aromatic N) is 1. The van der Waals surface area contributed by atoms with Crippen LogP contribution >= 0.6 is 15.9 Å². The molecule has 112 valence electrons. The molecule has 0 spiro atoms. The predicted octanol–water partition coefficient (Wildman–Crippen LogP) is 3.64. The first-order valence-electron chi connectivity index (χ1n) is 6.59. The van der Waals surface area contributed by atoms with E-state index in [4.69, 9.17) is 5.73 Å². The molecular formula is C15H17BrN2O2S. The summed E-state index contributed by atoms with van der Waals surface area (Å²) >= 11 is 3.31. The minimum absolute atomic E-state index is 0.244. The summed E-state index contributed by atoms with van der Waals surface area (Å²) in [4.78, 5) is 0.244. The third-order valence-corrected chi connectivity index (χ3v) is 5.32. The van der Waals surface area contributed by atoms with Crippen molar-refractivity contribution < 1.29 is 8.42 Å². The van der Waals surface area contributed by atoms with E-state index in [9.17, 15) is 8.42 Å². The topological polar surface area (TPSA) is 63.4 Å². The molecule has 2 N–H and O–H groups in total. The Labute approximate surface area is 133 Å². The van der Waals surface area contributed by atoms with Gasteiger partial charge in [0.1, 0.15) is 0 Å². The summed E-state index contributed by atoms with van der Waals surface area (Å²) in [6.45, 7) is 2.31. The van der Waals surface area contributed by atoms with Gasteiger partial charge in [-0.15, -0.1) is 0 Å². The lowest BCUT2D eigenvalue weighted by Gasteiger charge is -2.25. The van der Waals surface area contributed by atoms with Crippen LogP contribution in [-0.4, -0.2) is 15.0 Å². The van der Waals surface area contributed by atoms with E-state index in [1.165, 1.54) is 4.31 Å². The molecule has 0 bridgehead atoms. The smallest absolute Gasteiger partial charge is 0.264 e. The minimum atomic E-state index is -3.64. The number of rotatable bonds is 5. The van der Waals surface area contributed by atoms with E-state index < -0.39 is 10.0 Å². The van der Waals surface area contributed by atoms with Crippen molar-refractivity contribution >= 4 is 37.3 Å². The zero-order valence-electron chi connectivity index (χ0n) is 11.7. The molecule has 0 saturated carbocycles. The summed E-state index contributed by atoms with van der Waals surface area (Å²) in [5, 5.41) is 0. The molecule has 0 aromatic heterocycles. The average molecular weight is 369 g/mol. The zero-order valence-corrected chi connectivity index (χ0v) is 14.1. The summed E-state index contributed by atoms with van der Waals surface area (Å²) in [6, 6.07) is 13.7. The van der Waals surface area contributed by atoms with Crippen LogP contribution < -0.4 is 10.0 Å². The number of sulfonamides is 1. The van der Waals surface area contributed by atoms with Crippen LogP contribution in [0.2, 0.25) is 0 Å². The highest BCUT2D eigenvalue weighted by Crippen LogP contribution is 2.29. The predicted molar refractivity (Wildman–Crippen MR) is 89.8 cm³/mol. The van der Waals surface area contributed by atoms with Crippen molar-refractivity contribution in [1.82, 2.24) is 0 Å². The quantitative estimate of drug-likeness (QED) is 0.819. The first kappa shape index (κ1) is 15.9. The fourth-order valence-electron chi connectivity index (χ4n) is 2.04. The monoisotopic (exact) mass is 368 g/mol. The number of nitrogen functional groups attached to an aromatic ring is 1. The number of para-hydroxylation sites is 2. The second-order valence-electron chi connectivity index (χ2n) is 4.59. The molecule has 4 nitrogen and oxygen atoms in total. The Morgan fingerprint density at radius 3 is 2.48 bits per heavy atom.